The van der Waals surface area contributed by atoms with E-state index in [-0.39, 0.29) is 24.0 Å². The summed E-state index contributed by atoms with van der Waals surface area (Å²) in [4.78, 5) is 27.9. The predicted molar refractivity (Wildman–Crippen MR) is 107 cm³/mol. The number of fused-ring (bicyclic) bond motifs is 2. The lowest BCUT2D eigenvalue weighted by atomic mass is 9.89. The third-order valence-corrected chi connectivity index (χ3v) is 5.68. The molecule has 2 aromatic rings. The molecule has 0 aliphatic carbocycles. The number of Topliss-reactive ketones (excluding diaryl/α,β-unsaturated/α-hetero) is 1. The summed E-state index contributed by atoms with van der Waals surface area (Å²) in [5, 5.41) is 0. The second kappa shape index (κ2) is 7.19. The summed E-state index contributed by atoms with van der Waals surface area (Å²) in [6.07, 6.45) is 8.89. The quantitative estimate of drug-likeness (QED) is 0.768. The first-order chi connectivity index (χ1) is 13.5. The Labute approximate surface area is 164 Å². The Morgan fingerprint density at radius 1 is 1.04 bits per heavy atom. The number of carbonyl (C=O) groups excluding carboxylic acids is 2. The maximum Gasteiger partial charge on any atom is 0.410 e. The number of aryl methyl sites for hydroxylation is 2. The summed E-state index contributed by atoms with van der Waals surface area (Å²) in [7, 11) is 3.89. The second-order valence-electron chi connectivity index (χ2n) is 7.33. The minimum absolute atomic E-state index is 0.0236. The van der Waals surface area contributed by atoms with Crippen LogP contribution in [0.5, 0.6) is 0 Å². The molecule has 2 bridgehead atoms. The van der Waals surface area contributed by atoms with Crippen molar-refractivity contribution in [3.8, 4) is 0 Å². The van der Waals surface area contributed by atoms with Crippen molar-refractivity contribution < 1.29 is 14.3 Å². The van der Waals surface area contributed by atoms with E-state index in [0.717, 1.165) is 24.2 Å². The van der Waals surface area contributed by atoms with Gasteiger partial charge >= 0.3 is 6.09 Å². The third kappa shape index (κ3) is 2.99. The van der Waals surface area contributed by atoms with E-state index < -0.39 is 0 Å². The molecule has 0 radical (unpaired) electrons. The van der Waals surface area contributed by atoms with Crippen molar-refractivity contribution in [3.63, 3.8) is 0 Å². The molecule has 2 fully saturated rings. The van der Waals surface area contributed by atoms with Gasteiger partial charge in [0.25, 0.3) is 0 Å². The maximum atomic E-state index is 13.5. The Balaban J connectivity index is 1.83. The zero-order valence-electron chi connectivity index (χ0n) is 16.5. The Morgan fingerprint density at radius 2 is 1.54 bits per heavy atom. The molecule has 0 spiro atoms. The van der Waals surface area contributed by atoms with Gasteiger partial charge in [0, 0.05) is 49.0 Å². The highest BCUT2D eigenvalue weighted by Gasteiger charge is 2.49. The van der Waals surface area contributed by atoms with E-state index in [2.05, 4.69) is 0 Å². The molecule has 4 heterocycles. The SMILES string of the molecule is CCOC(=O)N1[C@@H]2CC[C@H]1/C(=C\c1cccn1C)C(=O)C2=Cc1cccn1C. The van der Waals surface area contributed by atoms with Gasteiger partial charge in [0.2, 0.25) is 0 Å². The molecule has 6 heteroatoms. The lowest BCUT2D eigenvalue weighted by Gasteiger charge is -2.36. The van der Waals surface area contributed by atoms with Gasteiger partial charge in [-0.2, -0.15) is 0 Å². The van der Waals surface area contributed by atoms with E-state index in [4.69, 9.17) is 4.74 Å². The van der Waals surface area contributed by atoms with Crippen molar-refractivity contribution >= 4 is 24.0 Å². The Bertz CT molecular complexity index is 911. The van der Waals surface area contributed by atoms with Crippen LogP contribution in [0.4, 0.5) is 4.79 Å². The van der Waals surface area contributed by atoms with E-state index in [1.807, 2.05) is 72.0 Å². The third-order valence-electron chi connectivity index (χ3n) is 5.68. The molecule has 0 unspecified atom stereocenters. The number of amides is 1. The van der Waals surface area contributed by atoms with Crippen LogP contribution in [0, 0.1) is 0 Å². The first kappa shape index (κ1) is 18.3. The van der Waals surface area contributed by atoms with Crippen molar-refractivity contribution in [3.05, 3.63) is 59.2 Å². The first-order valence-electron chi connectivity index (χ1n) is 9.67. The average molecular weight is 379 g/mol. The van der Waals surface area contributed by atoms with Gasteiger partial charge in [-0.15, -0.1) is 0 Å². The van der Waals surface area contributed by atoms with Crippen LogP contribution in [0.3, 0.4) is 0 Å². The average Bonchev–Trinajstić information content (AvgIpc) is 3.36. The molecule has 2 aromatic heterocycles. The number of hydrogen-bond acceptors (Lipinski definition) is 3. The van der Waals surface area contributed by atoms with Crippen LogP contribution in [0.25, 0.3) is 12.2 Å². The molecule has 146 valence electrons. The Morgan fingerprint density at radius 3 is 1.93 bits per heavy atom. The van der Waals surface area contributed by atoms with Crippen LogP contribution in [0.1, 0.15) is 31.2 Å². The topological polar surface area (TPSA) is 56.5 Å². The molecule has 0 aromatic carbocycles. The summed E-state index contributed by atoms with van der Waals surface area (Å²) in [6.45, 7) is 2.12. The van der Waals surface area contributed by atoms with Gasteiger partial charge in [-0.3, -0.25) is 9.69 Å². The van der Waals surface area contributed by atoms with Crippen LogP contribution in [0.15, 0.2) is 47.8 Å². The Hall–Kier alpha value is -3.02. The number of carbonyl (C=O) groups is 2. The zero-order valence-corrected chi connectivity index (χ0v) is 16.5. The predicted octanol–water partition coefficient (Wildman–Crippen LogP) is 3.40. The molecule has 0 N–H and O–H groups in total. The molecule has 6 nitrogen and oxygen atoms in total. The van der Waals surface area contributed by atoms with Crippen LogP contribution in [-0.4, -0.2) is 44.6 Å². The molecule has 2 saturated heterocycles. The fourth-order valence-electron chi connectivity index (χ4n) is 4.23. The smallest absolute Gasteiger partial charge is 0.410 e. The van der Waals surface area contributed by atoms with Crippen LogP contribution in [-0.2, 0) is 23.6 Å². The van der Waals surface area contributed by atoms with E-state index in [9.17, 15) is 9.59 Å². The van der Waals surface area contributed by atoms with E-state index in [0.29, 0.717) is 17.8 Å². The first-order valence-corrected chi connectivity index (χ1v) is 9.67. The van der Waals surface area contributed by atoms with Gasteiger partial charge in [0.15, 0.2) is 5.78 Å². The van der Waals surface area contributed by atoms with Gasteiger partial charge in [0.1, 0.15) is 0 Å². The molecule has 2 aliphatic heterocycles. The molecule has 0 saturated carbocycles. The molecule has 28 heavy (non-hydrogen) atoms. The van der Waals surface area contributed by atoms with Crippen molar-refractivity contribution in [1.82, 2.24) is 14.0 Å². The van der Waals surface area contributed by atoms with Crippen LogP contribution in [0.2, 0.25) is 0 Å². The lowest BCUT2D eigenvalue weighted by molar-refractivity contribution is -0.114. The maximum absolute atomic E-state index is 13.5. The van der Waals surface area contributed by atoms with E-state index in [1.165, 1.54) is 0 Å². The number of ketones is 1. The summed E-state index contributed by atoms with van der Waals surface area (Å²) < 4.78 is 9.26. The van der Waals surface area contributed by atoms with Crippen molar-refractivity contribution in [1.29, 1.82) is 0 Å². The Kier molecular flexibility index (Phi) is 4.71. The van der Waals surface area contributed by atoms with Gasteiger partial charge < -0.3 is 13.9 Å². The number of piperidine rings is 1. The highest BCUT2D eigenvalue weighted by molar-refractivity contribution is 6.16. The summed E-state index contributed by atoms with van der Waals surface area (Å²) in [5.41, 5.74) is 3.19. The summed E-state index contributed by atoms with van der Waals surface area (Å²) in [5.74, 6) is 0.0236. The van der Waals surface area contributed by atoms with Gasteiger partial charge in [0.05, 0.1) is 18.7 Å². The molecular formula is C22H25N3O3. The molecule has 4 rings (SSSR count). The van der Waals surface area contributed by atoms with Crippen LogP contribution < -0.4 is 0 Å². The monoisotopic (exact) mass is 379 g/mol. The highest BCUT2D eigenvalue weighted by atomic mass is 16.6. The van der Waals surface area contributed by atoms with Gasteiger partial charge in [-0.25, -0.2) is 4.79 Å². The zero-order chi connectivity index (χ0) is 19.8. The second-order valence-corrected chi connectivity index (χ2v) is 7.33. The van der Waals surface area contributed by atoms with Crippen molar-refractivity contribution in [2.24, 2.45) is 14.1 Å². The normalized spacial score (nSPS) is 24.4. The summed E-state index contributed by atoms with van der Waals surface area (Å²) in [6, 6.07) is 7.35. The standard InChI is InChI=1S/C22H25N3O3/c1-4-28-22(27)25-19-9-10-20(25)18(14-16-8-6-12-24(16)3)21(26)17(19)13-15-7-5-11-23(15)2/h5-8,11-14,19-20H,4,9-10H2,1-3H3/b17-13+,18-14?/t19-,20+/m0/s1. The summed E-state index contributed by atoms with van der Waals surface area (Å²) >= 11 is 0. The molecular weight excluding hydrogens is 354 g/mol. The van der Waals surface area contributed by atoms with Gasteiger partial charge in [-0.05, 0) is 56.2 Å². The molecule has 2 aliphatic rings. The highest BCUT2D eigenvalue weighted by Crippen LogP contribution is 2.41. The van der Waals surface area contributed by atoms with Crippen molar-refractivity contribution in [2.45, 2.75) is 31.8 Å². The van der Waals surface area contributed by atoms with Crippen LogP contribution >= 0.6 is 0 Å². The number of rotatable bonds is 3. The molecule has 2 atom stereocenters. The fourth-order valence-corrected chi connectivity index (χ4v) is 4.23. The molecule has 1 amide bonds. The van der Waals surface area contributed by atoms with E-state index >= 15 is 0 Å². The number of nitrogens with zero attached hydrogens (tertiary/aromatic N) is 3. The number of ether oxygens (including phenoxy) is 1. The minimum atomic E-state index is -0.349. The minimum Gasteiger partial charge on any atom is -0.450 e. The van der Waals surface area contributed by atoms with E-state index in [1.54, 1.807) is 11.8 Å². The largest absolute Gasteiger partial charge is 0.450 e. The fraction of sp³-hybridized carbons (Fsp3) is 0.364. The van der Waals surface area contributed by atoms with Gasteiger partial charge in [-0.1, -0.05) is 0 Å². The lowest BCUT2D eigenvalue weighted by Crippen LogP contribution is -2.49. The number of hydrogen-bond donors (Lipinski definition) is 0. The van der Waals surface area contributed by atoms with Crippen molar-refractivity contribution in [2.75, 3.05) is 6.61 Å². The number of aromatic nitrogens is 2.